The minimum atomic E-state index is -5.28. The molecule has 0 unspecified atom stereocenters. The number of imidazole rings is 1. The second-order valence-corrected chi connectivity index (χ2v) is 6.52. The van der Waals surface area contributed by atoms with Crippen molar-refractivity contribution in [3.8, 4) is 5.88 Å². The Hall–Kier alpha value is -2.19. The Morgan fingerprint density at radius 3 is 2.65 bits per heavy atom. The monoisotopic (exact) mass is 392 g/mol. The molecule has 2 aromatic rings. The minimum absolute atomic E-state index is 0.228. The lowest BCUT2D eigenvalue weighted by Crippen LogP contribution is -2.52. The average molecular weight is 392 g/mol. The van der Waals surface area contributed by atoms with Crippen LogP contribution < -0.4 is 0 Å². The minimum Gasteiger partial charge on any atom is -0.492 e. The topological polar surface area (TPSA) is 218 Å². The number of hydrogen-bond donors (Lipinski definition) is 6. The predicted molar refractivity (Wildman–Crippen MR) is 77.5 cm³/mol. The maximum Gasteiger partial charge on any atom is 0.470 e. The quantitative estimate of drug-likeness (QED) is 0.290. The van der Waals surface area contributed by atoms with E-state index in [1.807, 2.05) is 0 Å². The lowest BCUT2D eigenvalue weighted by molar-refractivity contribution is -0.192. The second-order valence-electron chi connectivity index (χ2n) is 5.33. The number of aromatic hydroxyl groups is 1. The SMILES string of the molecule is O=C(O)[C@@]1(n2cnc3c(O)ncnc32)O[C@H](CO)[C@@H](O)[C@H]1OP(=O)(O)O. The number of fused-ring (bicyclic) bond motifs is 1. The molecule has 6 N–H and O–H groups in total. The number of aromatic nitrogens is 4. The summed E-state index contributed by atoms with van der Waals surface area (Å²) in [7, 11) is -5.28. The third-order valence-electron chi connectivity index (χ3n) is 3.82. The first kappa shape index (κ1) is 18.6. The van der Waals surface area contributed by atoms with E-state index in [9.17, 15) is 29.8 Å². The van der Waals surface area contributed by atoms with E-state index in [2.05, 4.69) is 19.5 Å². The molecule has 3 heterocycles. The highest BCUT2D eigenvalue weighted by atomic mass is 31.2. The van der Waals surface area contributed by atoms with Gasteiger partial charge in [-0.15, -0.1) is 0 Å². The summed E-state index contributed by atoms with van der Waals surface area (Å²) in [6.45, 7) is -0.871. The van der Waals surface area contributed by atoms with Crippen molar-refractivity contribution in [1.29, 1.82) is 0 Å². The molecule has 26 heavy (non-hydrogen) atoms. The molecule has 0 aromatic carbocycles. The van der Waals surface area contributed by atoms with Crippen molar-refractivity contribution in [1.82, 2.24) is 19.5 Å². The molecule has 1 saturated heterocycles. The molecule has 0 spiro atoms. The van der Waals surface area contributed by atoms with Gasteiger partial charge >= 0.3 is 13.8 Å². The molecule has 15 heteroatoms. The fourth-order valence-electron chi connectivity index (χ4n) is 2.76. The van der Waals surface area contributed by atoms with E-state index in [4.69, 9.17) is 14.5 Å². The summed E-state index contributed by atoms with van der Waals surface area (Å²) < 4.78 is 21.7. The highest BCUT2D eigenvalue weighted by Crippen LogP contribution is 2.48. The number of phosphoric ester groups is 1. The van der Waals surface area contributed by atoms with E-state index in [1.54, 1.807) is 0 Å². The van der Waals surface area contributed by atoms with Crippen molar-refractivity contribution in [2.24, 2.45) is 0 Å². The van der Waals surface area contributed by atoms with Crippen LogP contribution in [0.15, 0.2) is 12.7 Å². The van der Waals surface area contributed by atoms with Gasteiger partial charge in [0.05, 0.1) is 6.61 Å². The Bertz CT molecular complexity index is 898. The van der Waals surface area contributed by atoms with Gasteiger partial charge in [-0.3, -0.25) is 9.09 Å². The van der Waals surface area contributed by atoms with Crippen molar-refractivity contribution in [3.63, 3.8) is 0 Å². The summed E-state index contributed by atoms with van der Waals surface area (Å²) in [5.74, 6) is -2.40. The van der Waals surface area contributed by atoms with Gasteiger partial charge in [0.15, 0.2) is 17.3 Å². The fraction of sp³-hybridized carbons (Fsp3) is 0.455. The highest BCUT2D eigenvalue weighted by molar-refractivity contribution is 7.46. The molecular weight excluding hydrogens is 379 g/mol. The van der Waals surface area contributed by atoms with Gasteiger partial charge in [0.2, 0.25) is 5.88 Å². The number of rotatable bonds is 5. The van der Waals surface area contributed by atoms with Crippen LogP contribution >= 0.6 is 7.82 Å². The number of aliphatic carboxylic acids is 1. The average Bonchev–Trinajstić information content (AvgIpc) is 3.08. The number of hydrogen-bond acceptors (Lipinski definition) is 10. The number of nitrogens with zero attached hydrogens (tertiary/aromatic N) is 4. The first-order valence-electron chi connectivity index (χ1n) is 6.93. The molecule has 14 nitrogen and oxygen atoms in total. The number of carboxylic acid groups (broad SMARTS) is 1. The second kappa shape index (κ2) is 6.21. The molecule has 142 valence electrons. The molecular formula is C11H13N4O10P. The van der Waals surface area contributed by atoms with Crippen molar-refractivity contribution >= 4 is 25.0 Å². The fourth-order valence-corrected chi connectivity index (χ4v) is 3.32. The van der Waals surface area contributed by atoms with Crippen LogP contribution in [-0.2, 0) is 24.3 Å². The molecule has 0 radical (unpaired) electrons. The van der Waals surface area contributed by atoms with Crippen LogP contribution in [0.1, 0.15) is 0 Å². The van der Waals surface area contributed by atoms with Crippen LogP contribution in [0.3, 0.4) is 0 Å². The van der Waals surface area contributed by atoms with E-state index in [0.717, 1.165) is 12.7 Å². The molecule has 0 aliphatic carbocycles. The van der Waals surface area contributed by atoms with Crippen molar-refractivity contribution in [2.45, 2.75) is 24.0 Å². The van der Waals surface area contributed by atoms with Gasteiger partial charge in [-0.05, 0) is 0 Å². The Labute approximate surface area is 143 Å². The van der Waals surface area contributed by atoms with E-state index in [1.165, 1.54) is 0 Å². The van der Waals surface area contributed by atoms with Crippen molar-refractivity contribution in [2.75, 3.05) is 6.61 Å². The van der Waals surface area contributed by atoms with Gasteiger partial charge in [-0.2, -0.15) is 4.98 Å². The molecule has 1 aliphatic rings. The number of ether oxygens (including phenoxy) is 1. The predicted octanol–water partition coefficient (Wildman–Crippen LogP) is -2.50. The van der Waals surface area contributed by atoms with Gasteiger partial charge < -0.3 is 34.9 Å². The van der Waals surface area contributed by atoms with Crippen LogP contribution in [0, 0.1) is 0 Å². The molecule has 0 bridgehead atoms. The van der Waals surface area contributed by atoms with Crippen LogP contribution in [-0.4, -0.2) is 80.6 Å². The van der Waals surface area contributed by atoms with E-state index >= 15 is 0 Å². The Morgan fingerprint density at radius 2 is 2.08 bits per heavy atom. The third-order valence-corrected chi connectivity index (χ3v) is 4.32. The third kappa shape index (κ3) is 2.73. The highest BCUT2D eigenvalue weighted by Gasteiger charge is 2.64. The summed E-state index contributed by atoms with van der Waals surface area (Å²) in [6, 6.07) is 0. The number of aliphatic hydroxyl groups excluding tert-OH is 2. The molecule has 0 saturated carbocycles. The zero-order valence-corrected chi connectivity index (χ0v) is 13.5. The number of carbonyl (C=O) groups is 1. The standard InChI is InChI=1S/C11H13N4O10P/c16-1-4-6(17)7(25-26(21,22)23)11(24-4,10(19)20)15-3-14-5-8(15)12-2-13-9(5)18/h2-4,6-7,16-17H,1H2,(H,19,20)(H,12,13,18)(H2,21,22,23)/t4-,6-,7-,11+/m1/s1. The smallest absolute Gasteiger partial charge is 0.470 e. The Morgan fingerprint density at radius 1 is 1.38 bits per heavy atom. The van der Waals surface area contributed by atoms with Crippen molar-refractivity contribution < 1.29 is 48.8 Å². The normalized spacial score (nSPS) is 29.3. The first-order chi connectivity index (χ1) is 12.1. The Kier molecular flexibility index (Phi) is 4.44. The molecule has 3 rings (SSSR count). The van der Waals surface area contributed by atoms with Gasteiger partial charge in [0.1, 0.15) is 24.9 Å². The summed E-state index contributed by atoms with van der Waals surface area (Å²) in [4.78, 5) is 41.2. The molecule has 0 amide bonds. The van der Waals surface area contributed by atoms with Gasteiger partial charge in [0.25, 0.3) is 5.72 Å². The maximum absolute atomic E-state index is 12.0. The van der Waals surface area contributed by atoms with Crippen LogP contribution in [0.25, 0.3) is 11.2 Å². The van der Waals surface area contributed by atoms with Gasteiger partial charge in [-0.25, -0.2) is 19.3 Å². The van der Waals surface area contributed by atoms with Crippen LogP contribution in [0.4, 0.5) is 0 Å². The summed E-state index contributed by atoms with van der Waals surface area (Å²) in [6.07, 6.45) is -3.87. The van der Waals surface area contributed by atoms with Gasteiger partial charge in [0, 0.05) is 0 Å². The van der Waals surface area contributed by atoms with E-state index in [-0.39, 0.29) is 11.2 Å². The summed E-state index contributed by atoms with van der Waals surface area (Å²) in [5.41, 5.74) is -3.25. The zero-order valence-electron chi connectivity index (χ0n) is 12.6. The number of carboxylic acids is 1. The van der Waals surface area contributed by atoms with E-state index < -0.39 is 50.3 Å². The first-order valence-corrected chi connectivity index (χ1v) is 8.46. The number of phosphoric acid groups is 1. The van der Waals surface area contributed by atoms with Crippen LogP contribution in [0.5, 0.6) is 5.88 Å². The lowest BCUT2D eigenvalue weighted by atomic mass is 10.0. The Balaban J connectivity index is 2.26. The molecule has 4 atom stereocenters. The van der Waals surface area contributed by atoms with E-state index in [0.29, 0.717) is 4.57 Å². The molecule has 2 aromatic heterocycles. The molecule has 1 aliphatic heterocycles. The summed E-state index contributed by atoms with van der Waals surface area (Å²) >= 11 is 0. The largest absolute Gasteiger partial charge is 0.492 e. The summed E-state index contributed by atoms with van der Waals surface area (Å²) in [5, 5.41) is 38.9. The molecule has 1 fully saturated rings. The van der Waals surface area contributed by atoms with Crippen molar-refractivity contribution in [3.05, 3.63) is 12.7 Å². The van der Waals surface area contributed by atoms with Gasteiger partial charge in [-0.1, -0.05) is 0 Å². The number of aliphatic hydroxyl groups is 2. The maximum atomic E-state index is 12.0. The lowest BCUT2D eigenvalue weighted by Gasteiger charge is -2.31. The van der Waals surface area contributed by atoms with Crippen LogP contribution in [0.2, 0.25) is 0 Å². The zero-order chi connectivity index (χ0) is 19.3.